The Bertz CT molecular complexity index is 3190. The zero-order valence-electron chi connectivity index (χ0n) is 29.9. The number of thiophene rings is 1. The molecule has 3 heteroatoms. The molecule has 0 aliphatic carbocycles. The number of hydrogen-bond acceptors (Lipinski definition) is 2. The van der Waals surface area contributed by atoms with Crippen LogP contribution in [0.25, 0.3) is 80.7 Å². The van der Waals surface area contributed by atoms with Gasteiger partial charge in [-0.15, -0.1) is 11.3 Å². The molecule has 11 aromatic rings. The molecule has 55 heavy (non-hydrogen) atoms. The molecular formula is C52H34N2S. The average Bonchev–Trinajstić information content (AvgIpc) is 3.81. The number of rotatable bonds is 6. The second kappa shape index (κ2) is 12.9. The molecule has 0 radical (unpaired) electrons. The Kier molecular flexibility index (Phi) is 7.39. The molecule has 0 saturated heterocycles. The number of nitrogens with zero attached hydrogens (tertiary/aromatic N) is 2. The van der Waals surface area contributed by atoms with Gasteiger partial charge in [-0.25, -0.2) is 0 Å². The maximum absolute atomic E-state index is 2.40. The van der Waals surface area contributed by atoms with Gasteiger partial charge in [0.15, 0.2) is 0 Å². The highest BCUT2D eigenvalue weighted by Gasteiger charge is 2.19. The van der Waals surface area contributed by atoms with Crippen LogP contribution in [0.15, 0.2) is 206 Å². The monoisotopic (exact) mass is 718 g/mol. The molecule has 0 unspecified atom stereocenters. The Morgan fingerprint density at radius 3 is 1.89 bits per heavy atom. The summed E-state index contributed by atoms with van der Waals surface area (Å²) in [6.07, 6.45) is 0. The molecule has 0 spiro atoms. The standard InChI is InChI=1S/C52H34N2S/c1-3-13-35(14-4-1)38-16-11-19-41(33-38)53(42-30-31-49-47(34-42)45-21-9-10-24-48(45)54(49)39-17-5-2-6-18-39)40-28-25-37(26-29-40)44-22-12-23-46-51-43-20-8-7-15-36(43)27-32-50(51)55-52(44)46/h1-34H. The zero-order chi connectivity index (χ0) is 36.3. The molecule has 11 rings (SSSR count). The maximum Gasteiger partial charge on any atom is 0.0542 e. The first-order valence-corrected chi connectivity index (χ1v) is 19.6. The molecule has 0 atom stereocenters. The van der Waals surface area contributed by atoms with Gasteiger partial charge in [0.05, 0.1) is 11.0 Å². The maximum atomic E-state index is 2.40. The lowest BCUT2D eigenvalue weighted by atomic mass is 9.99. The van der Waals surface area contributed by atoms with Crippen LogP contribution >= 0.6 is 11.3 Å². The van der Waals surface area contributed by atoms with Crippen LogP contribution in [-0.4, -0.2) is 4.57 Å². The van der Waals surface area contributed by atoms with E-state index in [4.69, 9.17) is 0 Å². The smallest absolute Gasteiger partial charge is 0.0542 e. The fourth-order valence-electron chi connectivity index (χ4n) is 8.44. The third-order valence-electron chi connectivity index (χ3n) is 11.0. The lowest BCUT2D eigenvalue weighted by Gasteiger charge is -2.26. The number of anilines is 3. The Balaban J connectivity index is 1.08. The van der Waals surface area contributed by atoms with Gasteiger partial charge in [-0.2, -0.15) is 0 Å². The van der Waals surface area contributed by atoms with Crippen LogP contribution in [0.3, 0.4) is 0 Å². The quantitative estimate of drug-likeness (QED) is 0.166. The highest BCUT2D eigenvalue weighted by Crippen LogP contribution is 2.45. The molecule has 2 heterocycles. The summed E-state index contributed by atoms with van der Waals surface area (Å²) in [4.78, 5) is 2.40. The van der Waals surface area contributed by atoms with Crippen LogP contribution < -0.4 is 4.90 Å². The normalized spacial score (nSPS) is 11.6. The van der Waals surface area contributed by atoms with Crippen molar-refractivity contribution in [2.45, 2.75) is 0 Å². The van der Waals surface area contributed by atoms with Gasteiger partial charge in [0.1, 0.15) is 0 Å². The van der Waals surface area contributed by atoms with Gasteiger partial charge in [-0.05, 0) is 99.8 Å². The van der Waals surface area contributed by atoms with E-state index in [0.29, 0.717) is 0 Å². The highest BCUT2D eigenvalue weighted by atomic mass is 32.1. The molecule has 0 N–H and O–H groups in total. The predicted octanol–water partition coefficient (Wildman–Crippen LogP) is 15.1. The summed E-state index contributed by atoms with van der Waals surface area (Å²) >= 11 is 1.89. The van der Waals surface area contributed by atoms with Crippen LogP contribution in [-0.2, 0) is 0 Å². The van der Waals surface area contributed by atoms with Gasteiger partial charge in [-0.3, -0.25) is 0 Å². The van der Waals surface area contributed by atoms with E-state index < -0.39 is 0 Å². The lowest BCUT2D eigenvalue weighted by Crippen LogP contribution is -2.10. The topological polar surface area (TPSA) is 8.17 Å². The van der Waals surface area contributed by atoms with Gasteiger partial charge in [0, 0.05) is 53.7 Å². The number of benzene rings is 9. The first kappa shape index (κ1) is 31.6. The molecule has 9 aromatic carbocycles. The fourth-order valence-corrected chi connectivity index (χ4v) is 9.70. The van der Waals surface area contributed by atoms with Crippen LogP contribution in [0.5, 0.6) is 0 Å². The minimum atomic E-state index is 1.11. The van der Waals surface area contributed by atoms with E-state index in [9.17, 15) is 0 Å². The minimum Gasteiger partial charge on any atom is -0.310 e. The van der Waals surface area contributed by atoms with Gasteiger partial charge < -0.3 is 9.47 Å². The SMILES string of the molecule is c1ccc(-c2cccc(N(c3ccc(-c4cccc5c4sc4ccc6ccccc6c45)cc3)c3ccc4c(c3)c3ccccc3n4-c3ccccc3)c2)cc1. The summed E-state index contributed by atoms with van der Waals surface area (Å²) in [6, 6.07) is 75.0. The summed E-state index contributed by atoms with van der Waals surface area (Å²) in [5, 5.41) is 7.73. The molecule has 0 aliphatic heterocycles. The largest absolute Gasteiger partial charge is 0.310 e. The fraction of sp³-hybridized carbons (Fsp3) is 0. The van der Waals surface area contributed by atoms with Crippen molar-refractivity contribution in [2.75, 3.05) is 4.90 Å². The Morgan fingerprint density at radius 2 is 1.04 bits per heavy atom. The Labute approximate surface area is 323 Å². The van der Waals surface area contributed by atoms with Gasteiger partial charge >= 0.3 is 0 Å². The van der Waals surface area contributed by atoms with Crippen molar-refractivity contribution in [2.24, 2.45) is 0 Å². The molecule has 2 aromatic heterocycles. The van der Waals surface area contributed by atoms with Crippen LogP contribution in [0.2, 0.25) is 0 Å². The van der Waals surface area contributed by atoms with Crippen molar-refractivity contribution < 1.29 is 0 Å². The van der Waals surface area contributed by atoms with Crippen molar-refractivity contribution in [1.82, 2.24) is 4.57 Å². The third kappa shape index (κ3) is 5.24. The number of fused-ring (bicyclic) bond motifs is 8. The van der Waals surface area contributed by atoms with E-state index in [2.05, 4.69) is 216 Å². The van der Waals surface area contributed by atoms with Gasteiger partial charge in [0.2, 0.25) is 0 Å². The highest BCUT2D eigenvalue weighted by molar-refractivity contribution is 7.26. The summed E-state index contributed by atoms with van der Waals surface area (Å²) in [5.74, 6) is 0. The second-order valence-corrected chi connectivity index (χ2v) is 15.2. The molecule has 258 valence electrons. The van der Waals surface area contributed by atoms with Crippen LogP contribution in [0.4, 0.5) is 17.1 Å². The lowest BCUT2D eigenvalue weighted by molar-refractivity contribution is 1.18. The molecule has 0 saturated carbocycles. The van der Waals surface area contributed by atoms with Crippen molar-refractivity contribution >= 4 is 81.1 Å². The van der Waals surface area contributed by atoms with E-state index in [0.717, 1.165) is 22.7 Å². The Morgan fingerprint density at radius 1 is 0.382 bits per heavy atom. The summed E-state index contributed by atoms with van der Waals surface area (Å²) in [7, 11) is 0. The van der Waals surface area contributed by atoms with E-state index in [1.54, 1.807) is 0 Å². The predicted molar refractivity (Wildman–Crippen MR) is 237 cm³/mol. The van der Waals surface area contributed by atoms with Crippen molar-refractivity contribution in [3.63, 3.8) is 0 Å². The second-order valence-electron chi connectivity index (χ2n) is 14.1. The summed E-state index contributed by atoms with van der Waals surface area (Å²) in [6.45, 7) is 0. The van der Waals surface area contributed by atoms with Crippen molar-refractivity contribution in [3.05, 3.63) is 206 Å². The molecular weight excluding hydrogens is 685 g/mol. The third-order valence-corrected chi connectivity index (χ3v) is 12.2. The molecule has 0 bridgehead atoms. The molecule has 0 fully saturated rings. The summed E-state index contributed by atoms with van der Waals surface area (Å²) in [5.41, 5.74) is 11.7. The molecule has 0 amide bonds. The van der Waals surface area contributed by atoms with E-state index in [-0.39, 0.29) is 0 Å². The van der Waals surface area contributed by atoms with E-state index >= 15 is 0 Å². The van der Waals surface area contributed by atoms with Crippen LogP contribution in [0.1, 0.15) is 0 Å². The first-order valence-electron chi connectivity index (χ1n) is 18.8. The van der Waals surface area contributed by atoms with Crippen molar-refractivity contribution in [1.29, 1.82) is 0 Å². The minimum absolute atomic E-state index is 1.11. The number of aromatic nitrogens is 1. The van der Waals surface area contributed by atoms with Crippen LogP contribution in [0, 0.1) is 0 Å². The van der Waals surface area contributed by atoms with Gasteiger partial charge in [0.25, 0.3) is 0 Å². The average molecular weight is 719 g/mol. The molecule has 2 nitrogen and oxygen atoms in total. The van der Waals surface area contributed by atoms with Crippen molar-refractivity contribution in [3.8, 4) is 27.9 Å². The Hall–Kier alpha value is -6.94. The van der Waals surface area contributed by atoms with Gasteiger partial charge in [-0.1, -0.05) is 140 Å². The first-order chi connectivity index (χ1) is 27.3. The summed E-state index contributed by atoms with van der Waals surface area (Å²) < 4.78 is 5.03. The van der Waals surface area contributed by atoms with E-state index in [1.807, 2.05) is 11.3 Å². The van der Waals surface area contributed by atoms with E-state index in [1.165, 1.54) is 75.0 Å². The zero-order valence-corrected chi connectivity index (χ0v) is 30.7. The molecule has 0 aliphatic rings. The number of para-hydroxylation sites is 2. The number of hydrogen-bond donors (Lipinski definition) is 0.